The predicted octanol–water partition coefficient (Wildman–Crippen LogP) is 12.2. The Morgan fingerprint density at radius 1 is 0.233 bits per heavy atom. The second-order valence-electron chi connectivity index (χ2n) is 20.3. The van der Waals surface area contributed by atoms with Crippen LogP contribution in [0.1, 0.15) is 0 Å². The summed E-state index contributed by atoms with van der Waals surface area (Å²) in [6, 6.07) is 88.9. The number of rotatable bonds is 3. The van der Waals surface area contributed by atoms with Crippen LogP contribution in [-0.2, 0) is 0 Å². The fourth-order valence-corrected chi connectivity index (χ4v) is 14.3. The number of fused-ring (bicyclic) bond motifs is 17. The molecule has 18 rings (SSSR count). The summed E-state index contributed by atoms with van der Waals surface area (Å²) in [5, 5.41) is 7.63. The second kappa shape index (κ2) is 13.7. The molecule has 0 radical (unpaired) electrons. The first-order valence-electron chi connectivity index (χ1n) is 25.5. The van der Waals surface area contributed by atoms with Crippen LogP contribution in [-0.4, -0.2) is 27.1 Å². The molecule has 5 nitrogen and oxygen atoms in total. The van der Waals surface area contributed by atoms with Crippen molar-refractivity contribution in [1.82, 2.24) is 13.7 Å². The molecule has 0 spiro atoms. The van der Waals surface area contributed by atoms with Gasteiger partial charge >= 0.3 is 0 Å². The first-order valence-corrected chi connectivity index (χ1v) is 25.5. The molecule has 7 heterocycles. The number of benzene rings is 11. The van der Waals surface area contributed by atoms with Crippen LogP contribution in [0.3, 0.4) is 0 Å². The molecular weight excluding hydrogens is 884 g/mol. The smallest absolute Gasteiger partial charge is 0.252 e. The minimum Gasteiger partial charge on any atom is -0.311 e. The Kier molecular flexibility index (Phi) is 7.19. The lowest BCUT2D eigenvalue weighted by molar-refractivity contribution is 1.13. The maximum absolute atomic E-state index is 2.65. The van der Waals surface area contributed by atoms with Crippen molar-refractivity contribution >= 4 is 146 Å². The molecule has 0 aliphatic carbocycles. The summed E-state index contributed by atoms with van der Waals surface area (Å²) in [5.41, 5.74) is 26.2. The summed E-state index contributed by atoms with van der Waals surface area (Å²) in [6.07, 6.45) is 0. The molecule has 3 aromatic heterocycles. The van der Waals surface area contributed by atoms with Crippen LogP contribution in [0.25, 0.3) is 82.5 Å². The largest absolute Gasteiger partial charge is 0.311 e. The fraction of sp³-hybridized carbons (Fsp3) is 0. The minimum absolute atomic E-state index is 0.0225. The maximum Gasteiger partial charge on any atom is 0.252 e. The van der Waals surface area contributed by atoms with Crippen molar-refractivity contribution in [3.63, 3.8) is 0 Å². The number of para-hydroxylation sites is 8. The van der Waals surface area contributed by atoms with Crippen LogP contribution >= 0.6 is 0 Å². The normalized spacial score (nSPS) is 13.6. The Morgan fingerprint density at radius 2 is 0.658 bits per heavy atom. The van der Waals surface area contributed by atoms with Gasteiger partial charge in [0, 0.05) is 88.8 Å². The molecule has 0 N–H and O–H groups in total. The summed E-state index contributed by atoms with van der Waals surface area (Å²) < 4.78 is 7.76. The molecule has 0 amide bonds. The molecule has 4 aliphatic heterocycles. The van der Waals surface area contributed by atoms with Gasteiger partial charge in [-0.15, -0.1) is 0 Å². The Bertz CT molecular complexity index is 4720. The van der Waals surface area contributed by atoms with Gasteiger partial charge in [-0.3, -0.25) is 0 Å². The lowest BCUT2D eigenvalue weighted by Gasteiger charge is -2.40. The van der Waals surface area contributed by atoms with Gasteiger partial charge in [-0.2, -0.15) is 0 Å². The summed E-state index contributed by atoms with van der Waals surface area (Å²) in [6.45, 7) is 0.108. The Morgan fingerprint density at radius 3 is 1.26 bits per heavy atom. The van der Waals surface area contributed by atoms with Crippen LogP contribution in [0.15, 0.2) is 237 Å². The molecule has 334 valence electrons. The van der Waals surface area contributed by atoms with Gasteiger partial charge in [-0.25, -0.2) is 0 Å². The van der Waals surface area contributed by atoms with E-state index in [-0.39, 0.29) is 13.4 Å². The molecule has 73 heavy (non-hydrogen) atoms. The molecule has 0 unspecified atom stereocenters. The van der Waals surface area contributed by atoms with Gasteiger partial charge in [0.15, 0.2) is 0 Å². The molecule has 0 atom stereocenters. The van der Waals surface area contributed by atoms with E-state index in [0.717, 1.165) is 17.1 Å². The Balaban J connectivity index is 0.985. The lowest BCUT2D eigenvalue weighted by atomic mass is 9.34. The third-order valence-electron chi connectivity index (χ3n) is 16.9. The van der Waals surface area contributed by atoms with E-state index >= 15 is 0 Å². The highest BCUT2D eigenvalue weighted by Crippen LogP contribution is 2.47. The molecule has 11 aromatic carbocycles. The molecule has 0 saturated carbocycles. The fourth-order valence-electron chi connectivity index (χ4n) is 14.3. The number of aromatic nitrogens is 3. The van der Waals surface area contributed by atoms with Gasteiger partial charge in [0.25, 0.3) is 13.4 Å². The van der Waals surface area contributed by atoms with Crippen molar-refractivity contribution in [3.05, 3.63) is 237 Å². The van der Waals surface area contributed by atoms with Crippen LogP contribution in [0.2, 0.25) is 0 Å². The molecule has 4 aliphatic rings. The van der Waals surface area contributed by atoms with Gasteiger partial charge in [-0.05, 0) is 118 Å². The van der Waals surface area contributed by atoms with Gasteiger partial charge < -0.3 is 23.5 Å². The Labute approximate surface area is 420 Å². The van der Waals surface area contributed by atoms with E-state index in [9.17, 15) is 0 Å². The molecule has 0 fully saturated rings. The van der Waals surface area contributed by atoms with Crippen LogP contribution in [0.4, 0.5) is 34.1 Å². The summed E-state index contributed by atoms with van der Waals surface area (Å²) in [5.74, 6) is 0. The SMILES string of the molecule is c1ccc(N2c3ccccc3B3c4c2cccc4-n2c4cc5c(cc4c4cccc3c42)c2cccc3c2n5-c2cc(-n4c5ccccc5c5ccccc54)cc4c2B3c2ccccc2N4c2ccccc2)cc1. The average Bonchev–Trinajstić information content (AvgIpc) is 4.10. The highest BCUT2D eigenvalue weighted by Gasteiger charge is 2.44. The Hall–Kier alpha value is -9.45. The summed E-state index contributed by atoms with van der Waals surface area (Å²) in [7, 11) is 0. The first kappa shape index (κ1) is 38.3. The van der Waals surface area contributed by atoms with Crippen LogP contribution in [0, 0.1) is 0 Å². The van der Waals surface area contributed by atoms with Gasteiger partial charge in [0.2, 0.25) is 0 Å². The standard InChI is InChI=1S/C66H39B2N5/c1-3-18-40(19-4-1)69-55-32-13-9-26-49(55)67-51-28-15-24-45-47-38-48-46-25-16-29-52-66(46)73(60(48)39-59(47)72(65(45)51)58-35-17-34-57(69)63(58)67)62-37-42(71-53-30-11-7-22-43(53)44-23-8-12-31-54(44)71)36-61-64(62)68(52)50-27-10-14-33-56(50)70(61)41-20-5-2-6-21-41/h1-39H. The number of nitrogens with zero attached hydrogens (tertiary/aromatic N) is 5. The monoisotopic (exact) mass is 923 g/mol. The van der Waals surface area contributed by atoms with Crippen molar-refractivity contribution in [2.45, 2.75) is 0 Å². The van der Waals surface area contributed by atoms with Gasteiger partial charge in [0.05, 0.1) is 27.8 Å². The molecule has 14 aromatic rings. The lowest BCUT2D eigenvalue weighted by Crippen LogP contribution is -2.60. The van der Waals surface area contributed by atoms with E-state index in [0.29, 0.717) is 0 Å². The molecular formula is C66H39B2N5. The number of hydrogen-bond donors (Lipinski definition) is 0. The predicted molar refractivity (Wildman–Crippen MR) is 308 cm³/mol. The average molecular weight is 924 g/mol. The van der Waals surface area contributed by atoms with Gasteiger partial charge in [0.1, 0.15) is 0 Å². The van der Waals surface area contributed by atoms with Crippen LogP contribution < -0.4 is 42.6 Å². The molecule has 7 heteroatoms. The van der Waals surface area contributed by atoms with Crippen molar-refractivity contribution in [3.8, 4) is 17.1 Å². The quantitative estimate of drug-likeness (QED) is 0.165. The van der Waals surface area contributed by atoms with E-state index in [2.05, 4.69) is 260 Å². The summed E-state index contributed by atoms with van der Waals surface area (Å²) >= 11 is 0. The topological polar surface area (TPSA) is 21.3 Å². The molecule has 0 bridgehead atoms. The highest BCUT2D eigenvalue weighted by atomic mass is 15.2. The van der Waals surface area contributed by atoms with E-state index in [1.54, 1.807) is 0 Å². The zero-order valence-electron chi connectivity index (χ0n) is 39.4. The third-order valence-corrected chi connectivity index (χ3v) is 16.9. The van der Waals surface area contributed by atoms with Crippen molar-refractivity contribution in [2.24, 2.45) is 0 Å². The van der Waals surface area contributed by atoms with Crippen LogP contribution in [0.5, 0.6) is 0 Å². The van der Waals surface area contributed by atoms with E-state index in [1.807, 2.05) is 0 Å². The maximum atomic E-state index is 2.65. The van der Waals surface area contributed by atoms with Crippen molar-refractivity contribution in [2.75, 3.05) is 9.80 Å². The van der Waals surface area contributed by atoms with Crippen molar-refractivity contribution < 1.29 is 0 Å². The van der Waals surface area contributed by atoms with E-state index in [4.69, 9.17) is 0 Å². The zero-order valence-corrected chi connectivity index (χ0v) is 39.4. The van der Waals surface area contributed by atoms with Crippen molar-refractivity contribution in [1.29, 1.82) is 0 Å². The third kappa shape index (κ3) is 4.71. The second-order valence-corrected chi connectivity index (χ2v) is 20.3. The van der Waals surface area contributed by atoms with E-state index in [1.165, 1.54) is 132 Å². The molecule has 0 saturated heterocycles. The van der Waals surface area contributed by atoms with Gasteiger partial charge in [-0.1, -0.05) is 152 Å². The first-order chi connectivity index (χ1) is 36.3. The number of anilines is 6. The van der Waals surface area contributed by atoms with E-state index < -0.39 is 0 Å². The highest BCUT2D eigenvalue weighted by molar-refractivity contribution is 7.01. The minimum atomic E-state index is 0.0225. The summed E-state index contributed by atoms with van der Waals surface area (Å²) in [4.78, 5) is 5.00. The number of hydrogen-bond acceptors (Lipinski definition) is 2. The zero-order chi connectivity index (χ0) is 47.2.